The molecule has 1 aromatic heterocycles. The van der Waals surface area contributed by atoms with E-state index in [4.69, 9.17) is 23.2 Å². The number of rotatable bonds is 5. The van der Waals surface area contributed by atoms with Crippen LogP contribution in [0.4, 0.5) is 0 Å². The quantitative estimate of drug-likeness (QED) is 0.599. The molecule has 0 bridgehead atoms. The van der Waals surface area contributed by atoms with Crippen molar-refractivity contribution in [3.05, 3.63) is 68.7 Å². The molecule has 0 saturated carbocycles. The molecule has 0 aliphatic heterocycles. The van der Waals surface area contributed by atoms with Crippen LogP contribution in [0.1, 0.15) is 25.7 Å². The van der Waals surface area contributed by atoms with E-state index >= 15 is 0 Å². The smallest absolute Gasteiger partial charge is 0.261 e. The molecule has 0 N–H and O–H groups in total. The molecule has 0 fully saturated rings. The summed E-state index contributed by atoms with van der Waals surface area (Å²) in [6.07, 6.45) is 0. The summed E-state index contributed by atoms with van der Waals surface area (Å²) in [5.74, 6) is 0.357. The van der Waals surface area contributed by atoms with Crippen molar-refractivity contribution in [2.24, 2.45) is 0 Å². The molecule has 0 saturated heterocycles. The van der Waals surface area contributed by atoms with Crippen LogP contribution >= 0.6 is 23.2 Å². The first-order valence-electron chi connectivity index (χ1n) is 8.61. The van der Waals surface area contributed by atoms with Crippen LogP contribution in [0.25, 0.3) is 10.9 Å². The van der Waals surface area contributed by atoms with E-state index in [0.717, 1.165) is 4.31 Å². The Labute approximate surface area is 173 Å². The average Bonchev–Trinajstić information content (AvgIpc) is 2.68. The van der Waals surface area contributed by atoms with Gasteiger partial charge in [0.25, 0.3) is 5.56 Å². The molecule has 0 radical (unpaired) electrons. The van der Waals surface area contributed by atoms with Gasteiger partial charge in [-0.1, -0.05) is 35.3 Å². The lowest BCUT2D eigenvalue weighted by Crippen LogP contribution is -2.35. The standard InChI is InChI=1S/C19H19Cl2N3O3S/c1-4-24-18(22-16-8-6-5-7-14(16)19(24)25)12(2)23(3)28(26,27)17-11-13(20)9-10-15(17)21/h5-12H,4H2,1-3H3. The summed E-state index contributed by atoms with van der Waals surface area (Å²) in [4.78, 5) is 17.3. The lowest BCUT2D eigenvalue weighted by atomic mass is 10.2. The zero-order valence-electron chi connectivity index (χ0n) is 15.6. The highest BCUT2D eigenvalue weighted by Crippen LogP contribution is 2.31. The Bertz CT molecular complexity index is 1210. The first-order valence-corrected chi connectivity index (χ1v) is 10.8. The van der Waals surface area contributed by atoms with Crippen LogP contribution in [0.15, 0.2) is 52.2 Å². The largest absolute Gasteiger partial charge is 0.295 e. The van der Waals surface area contributed by atoms with E-state index in [9.17, 15) is 13.2 Å². The van der Waals surface area contributed by atoms with Crippen LogP contribution in [-0.4, -0.2) is 29.3 Å². The fraction of sp³-hybridized carbons (Fsp3) is 0.263. The van der Waals surface area contributed by atoms with Crippen molar-refractivity contribution >= 4 is 44.1 Å². The maximum absolute atomic E-state index is 13.1. The summed E-state index contributed by atoms with van der Waals surface area (Å²) in [5, 5.41) is 0.824. The summed E-state index contributed by atoms with van der Waals surface area (Å²) in [6, 6.07) is 10.5. The number of sulfonamides is 1. The van der Waals surface area contributed by atoms with Crippen LogP contribution in [-0.2, 0) is 16.6 Å². The van der Waals surface area contributed by atoms with Gasteiger partial charge in [-0.3, -0.25) is 9.36 Å². The molecule has 0 aliphatic carbocycles. The second kappa shape index (κ2) is 7.83. The fourth-order valence-electron chi connectivity index (χ4n) is 3.01. The molecular weight excluding hydrogens is 421 g/mol. The van der Waals surface area contributed by atoms with Gasteiger partial charge in [0, 0.05) is 18.6 Å². The molecule has 3 rings (SSSR count). The number of nitrogens with zero attached hydrogens (tertiary/aromatic N) is 3. The minimum atomic E-state index is -3.97. The minimum absolute atomic E-state index is 0.0720. The molecule has 1 atom stereocenters. The van der Waals surface area contributed by atoms with Gasteiger partial charge >= 0.3 is 0 Å². The first-order chi connectivity index (χ1) is 13.2. The number of hydrogen-bond donors (Lipinski definition) is 0. The maximum Gasteiger partial charge on any atom is 0.261 e. The van der Waals surface area contributed by atoms with Crippen LogP contribution < -0.4 is 5.56 Å². The van der Waals surface area contributed by atoms with Crippen LogP contribution in [0.3, 0.4) is 0 Å². The molecule has 3 aromatic rings. The molecule has 9 heteroatoms. The molecule has 1 heterocycles. The van der Waals surface area contributed by atoms with Gasteiger partial charge in [0.05, 0.1) is 22.0 Å². The number of aromatic nitrogens is 2. The highest BCUT2D eigenvalue weighted by Gasteiger charge is 2.31. The van der Waals surface area contributed by atoms with Gasteiger partial charge in [0.1, 0.15) is 10.7 Å². The highest BCUT2D eigenvalue weighted by molar-refractivity contribution is 7.89. The molecule has 1 unspecified atom stereocenters. The third-order valence-corrected chi connectivity index (χ3v) is 7.32. The van der Waals surface area contributed by atoms with Gasteiger partial charge in [-0.15, -0.1) is 0 Å². The molecule has 6 nitrogen and oxygen atoms in total. The van der Waals surface area contributed by atoms with Crippen LogP contribution in [0.5, 0.6) is 0 Å². The van der Waals surface area contributed by atoms with E-state index < -0.39 is 16.1 Å². The molecule has 2 aromatic carbocycles. The second-order valence-electron chi connectivity index (χ2n) is 6.31. The van der Waals surface area contributed by atoms with Gasteiger partial charge in [-0.05, 0) is 44.2 Å². The van der Waals surface area contributed by atoms with E-state index in [0.29, 0.717) is 23.3 Å². The van der Waals surface area contributed by atoms with Gasteiger partial charge in [-0.2, -0.15) is 4.31 Å². The Kier molecular flexibility index (Phi) is 5.82. The monoisotopic (exact) mass is 439 g/mol. The van der Waals surface area contributed by atoms with Crippen LogP contribution in [0.2, 0.25) is 10.0 Å². The Balaban J connectivity index is 2.14. The summed E-state index contributed by atoms with van der Waals surface area (Å²) in [5.41, 5.74) is 0.312. The molecule has 148 valence electrons. The van der Waals surface area contributed by atoms with Crippen molar-refractivity contribution in [2.45, 2.75) is 31.3 Å². The van der Waals surface area contributed by atoms with E-state index in [1.165, 1.54) is 29.8 Å². The van der Waals surface area contributed by atoms with Gasteiger partial charge in [0.2, 0.25) is 10.0 Å². The van der Waals surface area contributed by atoms with Gasteiger partial charge < -0.3 is 0 Å². The molecule has 28 heavy (non-hydrogen) atoms. The van der Waals surface area contributed by atoms with Crippen molar-refractivity contribution in [3.8, 4) is 0 Å². The number of hydrogen-bond acceptors (Lipinski definition) is 4. The van der Waals surface area contributed by atoms with Gasteiger partial charge in [0.15, 0.2) is 0 Å². The highest BCUT2D eigenvalue weighted by atomic mass is 35.5. The van der Waals surface area contributed by atoms with E-state index in [2.05, 4.69) is 4.98 Å². The zero-order valence-corrected chi connectivity index (χ0v) is 17.9. The second-order valence-corrected chi connectivity index (χ2v) is 9.12. The van der Waals surface area contributed by atoms with Crippen molar-refractivity contribution in [2.75, 3.05) is 7.05 Å². The normalized spacial score (nSPS) is 13.2. The number of para-hydroxylation sites is 1. The van der Waals surface area contributed by atoms with Crippen molar-refractivity contribution in [1.29, 1.82) is 0 Å². The molecular formula is C19H19Cl2N3O3S. The van der Waals surface area contributed by atoms with Crippen molar-refractivity contribution in [3.63, 3.8) is 0 Å². The van der Waals surface area contributed by atoms with E-state index in [-0.39, 0.29) is 20.5 Å². The average molecular weight is 440 g/mol. The fourth-order valence-corrected chi connectivity index (χ4v) is 5.07. The Morgan fingerprint density at radius 1 is 1.18 bits per heavy atom. The predicted molar refractivity (Wildman–Crippen MR) is 112 cm³/mol. The SMILES string of the molecule is CCn1c(C(C)N(C)S(=O)(=O)c2cc(Cl)ccc2Cl)nc2ccccc2c1=O. The van der Waals surface area contributed by atoms with E-state index in [1.54, 1.807) is 31.2 Å². The van der Waals surface area contributed by atoms with Gasteiger partial charge in [-0.25, -0.2) is 13.4 Å². The minimum Gasteiger partial charge on any atom is -0.295 e. The van der Waals surface area contributed by atoms with Crippen molar-refractivity contribution < 1.29 is 8.42 Å². The zero-order chi connectivity index (χ0) is 20.6. The maximum atomic E-state index is 13.1. The van der Waals surface area contributed by atoms with E-state index in [1.807, 2.05) is 6.92 Å². The topological polar surface area (TPSA) is 72.3 Å². The Morgan fingerprint density at radius 2 is 1.86 bits per heavy atom. The first kappa shape index (κ1) is 20.8. The number of benzene rings is 2. The Morgan fingerprint density at radius 3 is 2.54 bits per heavy atom. The third-order valence-electron chi connectivity index (χ3n) is 4.68. The third kappa shape index (κ3) is 3.55. The summed E-state index contributed by atoms with van der Waals surface area (Å²) >= 11 is 12.1. The summed E-state index contributed by atoms with van der Waals surface area (Å²) in [7, 11) is -2.54. The Hall–Kier alpha value is -1.93. The molecule has 0 amide bonds. The molecule has 0 spiro atoms. The van der Waals surface area contributed by atoms with Crippen molar-refractivity contribution in [1.82, 2.24) is 13.9 Å². The summed E-state index contributed by atoms with van der Waals surface area (Å²) < 4.78 is 28.9. The lowest BCUT2D eigenvalue weighted by molar-refractivity contribution is 0.370. The predicted octanol–water partition coefficient (Wildman–Crippen LogP) is 4.10. The number of fused-ring (bicyclic) bond motifs is 1. The molecule has 0 aliphatic rings. The number of halogens is 2. The summed E-state index contributed by atoms with van der Waals surface area (Å²) in [6.45, 7) is 3.86. The lowest BCUT2D eigenvalue weighted by Gasteiger charge is -2.26. The van der Waals surface area contributed by atoms with Crippen LogP contribution in [0, 0.1) is 0 Å².